The van der Waals surface area contributed by atoms with Crippen molar-refractivity contribution < 1.29 is 4.79 Å². The topological polar surface area (TPSA) is 56.0 Å². The Bertz CT molecular complexity index is 645. The van der Waals surface area contributed by atoms with Crippen molar-refractivity contribution in [2.75, 3.05) is 13.1 Å². The van der Waals surface area contributed by atoms with Gasteiger partial charge in [-0.25, -0.2) is 4.98 Å². The van der Waals surface area contributed by atoms with Gasteiger partial charge in [-0.2, -0.15) is 5.10 Å². The molecule has 1 unspecified atom stereocenters. The van der Waals surface area contributed by atoms with Crippen molar-refractivity contribution in [2.45, 2.75) is 38.6 Å². The minimum Gasteiger partial charge on any atom is -0.341 e. The molecule has 0 aromatic carbocycles. The molecule has 1 atom stereocenters. The van der Waals surface area contributed by atoms with E-state index in [4.69, 9.17) is 0 Å². The molecule has 6 nitrogen and oxygen atoms in total. The fourth-order valence-corrected chi connectivity index (χ4v) is 3.19. The van der Waals surface area contributed by atoms with Gasteiger partial charge < -0.3 is 9.47 Å². The monoisotopic (exact) mass is 301 g/mol. The summed E-state index contributed by atoms with van der Waals surface area (Å²) in [6.45, 7) is 3.68. The molecular formula is C16H23N5O. The molecule has 1 saturated heterocycles. The van der Waals surface area contributed by atoms with Gasteiger partial charge in [0, 0.05) is 45.1 Å². The van der Waals surface area contributed by atoms with E-state index < -0.39 is 0 Å². The van der Waals surface area contributed by atoms with Crippen LogP contribution in [-0.4, -0.2) is 43.2 Å². The van der Waals surface area contributed by atoms with Crippen molar-refractivity contribution in [3.05, 3.63) is 36.2 Å². The number of amides is 1. The van der Waals surface area contributed by atoms with Gasteiger partial charge in [-0.3, -0.25) is 9.48 Å². The highest BCUT2D eigenvalue weighted by Crippen LogP contribution is 2.23. The third-order valence-corrected chi connectivity index (χ3v) is 4.39. The van der Waals surface area contributed by atoms with Gasteiger partial charge >= 0.3 is 0 Å². The van der Waals surface area contributed by atoms with Crippen molar-refractivity contribution in [3.63, 3.8) is 0 Å². The van der Waals surface area contributed by atoms with E-state index in [1.54, 1.807) is 4.68 Å². The highest BCUT2D eigenvalue weighted by atomic mass is 16.2. The highest BCUT2D eigenvalue weighted by Gasteiger charge is 2.25. The summed E-state index contributed by atoms with van der Waals surface area (Å²) in [6.07, 6.45) is 11.1. The predicted octanol–water partition coefficient (Wildman–Crippen LogP) is 1.72. The second-order valence-electron chi connectivity index (χ2n) is 6.04. The van der Waals surface area contributed by atoms with Crippen LogP contribution < -0.4 is 0 Å². The maximum atomic E-state index is 12.5. The van der Waals surface area contributed by atoms with E-state index in [1.165, 1.54) is 0 Å². The van der Waals surface area contributed by atoms with Gasteiger partial charge in [-0.1, -0.05) is 0 Å². The van der Waals surface area contributed by atoms with Crippen LogP contribution in [0.15, 0.2) is 24.8 Å². The van der Waals surface area contributed by atoms with Gasteiger partial charge in [0.15, 0.2) is 0 Å². The first-order valence-corrected chi connectivity index (χ1v) is 7.88. The Morgan fingerprint density at radius 1 is 1.45 bits per heavy atom. The van der Waals surface area contributed by atoms with Crippen molar-refractivity contribution in [3.8, 4) is 0 Å². The molecule has 1 aliphatic heterocycles. The Morgan fingerprint density at radius 2 is 2.32 bits per heavy atom. The Kier molecular flexibility index (Phi) is 4.27. The number of likely N-dealkylation sites (tertiary alicyclic amines) is 1. The number of carbonyl (C=O) groups excluding carboxylic acids is 1. The maximum Gasteiger partial charge on any atom is 0.222 e. The van der Waals surface area contributed by atoms with E-state index in [-0.39, 0.29) is 5.91 Å². The minimum absolute atomic E-state index is 0.242. The van der Waals surface area contributed by atoms with Gasteiger partial charge in [-0.15, -0.1) is 0 Å². The molecule has 6 heteroatoms. The molecule has 118 valence electrons. The number of carbonyl (C=O) groups is 1. The first kappa shape index (κ1) is 14.8. The van der Waals surface area contributed by atoms with Crippen LogP contribution in [0.3, 0.4) is 0 Å². The molecule has 0 saturated carbocycles. The number of aryl methyl sites for hydroxylation is 3. The van der Waals surface area contributed by atoms with Crippen molar-refractivity contribution >= 4 is 5.91 Å². The molecule has 0 aliphatic carbocycles. The molecule has 3 heterocycles. The van der Waals surface area contributed by atoms with Crippen LogP contribution in [0.1, 0.15) is 36.7 Å². The van der Waals surface area contributed by atoms with Crippen LogP contribution in [-0.2, 0) is 18.3 Å². The van der Waals surface area contributed by atoms with Gasteiger partial charge in [0.25, 0.3) is 0 Å². The summed E-state index contributed by atoms with van der Waals surface area (Å²) in [6, 6.07) is 0.360. The summed E-state index contributed by atoms with van der Waals surface area (Å²) in [7, 11) is 1.90. The van der Waals surface area contributed by atoms with Crippen LogP contribution in [0.4, 0.5) is 0 Å². The lowest BCUT2D eigenvalue weighted by Crippen LogP contribution is -2.40. The molecule has 3 rings (SSSR count). The summed E-state index contributed by atoms with van der Waals surface area (Å²) in [5, 5.41) is 4.14. The fraction of sp³-hybridized carbons (Fsp3) is 0.562. The molecule has 0 spiro atoms. The Hall–Kier alpha value is -2.11. The normalized spacial score (nSPS) is 18.6. The van der Waals surface area contributed by atoms with Gasteiger partial charge in [0.1, 0.15) is 5.82 Å². The van der Waals surface area contributed by atoms with Crippen LogP contribution >= 0.6 is 0 Å². The maximum absolute atomic E-state index is 12.5. The zero-order valence-corrected chi connectivity index (χ0v) is 13.3. The first-order valence-electron chi connectivity index (χ1n) is 7.88. The van der Waals surface area contributed by atoms with Gasteiger partial charge in [0.05, 0.1) is 12.2 Å². The number of rotatable bonds is 4. The number of aromatic nitrogens is 4. The fourth-order valence-electron chi connectivity index (χ4n) is 3.19. The van der Waals surface area contributed by atoms with Crippen LogP contribution in [0.25, 0.3) is 0 Å². The lowest BCUT2D eigenvalue weighted by molar-refractivity contribution is -0.132. The molecule has 2 aromatic rings. The predicted molar refractivity (Wildman–Crippen MR) is 83.3 cm³/mol. The third kappa shape index (κ3) is 3.21. The molecule has 2 aromatic heterocycles. The molecule has 0 bridgehead atoms. The van der Waals surface area contributed by atoms with E-state index in [0.29, 0.717) is 12.5 Å². The van der Waals surface area contributed by atoms with Crippen molar-refractivity contribution in [1.29, 1.82) is 0 Å². The summed E-state index contributed by atoms with van der Waals surface area (Å²) in [5.74, 6) is 1.26. The Balaban J connectivity index is 1.57. The summed E-state index contributed by atoms with van der Waals surface area (Å²) in [5.41, 5.74) is 1.12. The average Bonchev–Trinajstić information content (AvgIpc) is 3.13. The summed E-state index contributed by atoms with van der Waals surface area (Å²) < 4.78 is 3.97. The van der Waals surface area contributed by atoms with Crippen molar-refractivity contribution in [1.82, 2.24) is 24.2 Å². The number of hydrogen-bond donors (Lipinski definition) is 0. The molecule has 0 N–H and O–H groups in total. The van der Waals surface area contributed by atoms with Gasteiger partial charge in [0.2, 0.25) is 5.91 Å². The van der Waals surface area contributed by atoms with E-state index in [1.807, 2.05) is 43.7 Å². The van der Waals surface area contributed by atoms with Crippen LogP contribution in [0.2, 0.25) is 0 Å². The standard InChI is InChI=1S/C16H23N5O/c1-13-17-7-9-21(13)15-4-3-8-20(12-15)16(22)6-5-14-10-18-19(2)11-14/h7,9-11,15H,3-6,8,12H2,1-2H3. The molecule has 0 radical (unpaired) electrons. The van der Waals surface area contributed by atoms with E-state index in [2.05, 4.69) is 14.6 Å². The molecule has 22 heavy (non-hydrogen) atoms. The highest BCUT2D eigenvalue weighted by molar-refractivity contribution is 5.76. The minimum atomic E-state index is 0.242. The Labute approximate surface area is 130 Å². The molecular weight excluding hydrogens is 278 g/mol. The zero-order chi connectivity index (χ0) is 15.5. The average molecular weight is 301 g/mol. The smallest absolute Gasteiger partial charge is 0.222 e. The second kappa shape index (κ2) is 6.34. The third-order valence-electron chi connectivity index (χ3n) is 4.39. The second-order valence-corrected chi connectivity index (χ2v) is 6.04. The van der Waals surface area contributed by atoms with E-state index in [9.17, 15) is 4.79 Å². The molecule has 1 fully saturated rings. The lowest BCUT2D eigenvalue weighted by Gasteiger charge is -2.34. The van der Waals surface area contributed by atoms with E-state index >= 15 is 0 Å². The number of hydrogen-bond acceptors (Lipinski definition) is 3. The lowest BCUT2D eigenvalue weighted by atomic mass is 10.0. The molecule has 1 aliphatic rings. The SMILES string of the molecule is Cc1nccn1C1CCCN(C(=O)CCc2cnn(C)c2)C1. The molecule has 1 amide bonds. The van der Waals surface area contributed by atoms with Crippen LogP contribution in [0, 0.1) is 6.92 Å². The van der Waals surface area contributed by atoms with Crippen LogP contribution in [0.5, 0.6) is 0 Å². The summed E-state index contributed by atoms with van der Waals surface area (Å²) >= 11 is 0. The number of imidazole rings is 1. The largest absolute Gasteiger partial charge is 0.341 e. The Morgan fingerprint density at radius 3 is 3.00 bits per heavy atom. The number of piperidine rings is 1. The quantitative estimate of drug-likeness (QED) is 0.864. The first-order chi connectivity index (χ1) is 10.6. The van der Waals surface area contributed by atoms with E-state index in [0.717, 1.165) is 43.7 Å². The van der Waals surface area contributed by atoms with Crippen molar-refractivity contribution in [2.24, 2.45) is 7.05 Å². The summed E-state index contributed by atoms with van der Waals surface area (Å²) in [4.78, 5) is 18.7. The van der Waals surface area contributed by atoms with Gasteiger partial charge in [-0.05, 0) is 31.7 Å². The number of nitrogens with zero attached hydrogens (tertiary/aromatic N) is 5. The zero-order valence-electron chi connectivity index (χ0n) is 13.3.